The third-order valence-corrected chi connectivity index (χ3v) is 5.74. The largest absolute Gasteiger partial charge is 0.326 e. The minimum absolute atomic E-state index is 0.0902. The summed E-state index contributed by atoms with van der Waals surface area (Å²) < 4.78 is 0. The number of anilines is 1. The zero-order chi connectivity index (χ0) is 17.6. The van der Waals surface area contributed by atoms with Gasteiger partial charge in [0, 0.05) is 18.7 Å². The van der Waals surface area contributed by atoms with Crippen molar-refractivity contribution >= 4 is 23.4 Å². The number of carbonyl (C=O) groups excluding carboxylic acids is 3. The highest BCUT2D eigenvalue weighted by Crippen LogP contribution is 2.52. The maximum Gasteiger partial charge on any atom is 0.233 e. The molecule has 1 heterocycles. The van der Waals surface area contributed by atoms with Gasteiger partial charge >= 0.3 is 0 Å². The molecule has 2 aliphatic carbocycles. The highest BCUT2D eigenvalue weighted by atomic mass is 16.2. The van der Waals surface area contributed by atoms with Crippen molar-refractivity contribution in [3.8, 4) is 0 Å². The van der Waals surface area contributed by atoms with E-state index in [1.807, 2.05) is 24.3 Å². The number of rotatable bonds is 5. The fraction of sp³-hybridized carbons (Fsp3) is 0.450. The van der Waals surface area contributed by atoms with Gasteiger partial charge in [-0.15, -0.1) is 0 Å². The Morgan fingerprint density at radius 1 is 1.16 bits per heavy atom. The molecule has 0 spiro atoms. The second kappa shape index (κ2) is 6.14. The molecule has 3 amide bonds. The zero-order valence-corrected chi connectivity index (χ0v) is 14.3. The first-order valence-electron chi connectivity index (χ1n) is 9.01. The van der Waals surface area contributed by atoms with Crippen LogP contribution in [0, 0.1) is 23.7 Å². The third kappa shape index (κ3) is 2.68. The number of nitrogens with one attached hydrogen (secondary N) is 1. The molecule has 4 atom stereocenters. The summed E-state index contributed by atoms with van der Waals surface area (Å²) in [7, 11) is 0. The summed E-state index contributed by atoms with van der Waals surface area (Å²) in [4.78, 5) is 38.7. The number of hydrogen-bond donors (Lipinski definition) is 1. The Morgan fingerprint density at radius 3 is 2.48 bits per heavy atom. The summed E-state index contributed by atoms with van der Waals surface area (Å²) in [5.74, 6) is -0.310. The first-order valence-corrected chi connectivity index (χ1v) is 9.01. The van der Waals surface area contributed by atoms with Crippen molar-refractivity contribution in [3.63, 3.8) is 0 Å². The molecule has 0 unspecified atom stereocenters. The quantitative estimate of drug-likeness (QED) is 0.662. The van der Waals surface area contributed by atoms with E-state index in [1.54, 1.807) is 0 Å². The monoisotopic (exact) mass is 338 g/mol. The molecule has 1 aromatic rings. The van der Waals surface area contributed by atoms with E-state index in [0.717, 1.165) is 24.1 Å². The molecule has 0 aromatic heterocycles. The molecule has 25 heavy (non-hydrogen) atoms. The van der Waals surface area contributed by atoms with E-state index in [9.17, 15) is 14.4 Å². The summed E-state index contributed by atoms with van der Waals surface area (Å²) in [5, 5.41) is 2.85. The zero-order valence-electron chi connectivity index (χ0n) is 14.3. The number of imide groups is 1. The Kier molecular flexibility index (Phi) is 3.94. The van der Waals surface area contributed by atoms with Crippen molar-refractivity contribution < 1.29 is 14.4 Å². The van der Waals surface area contributed by atoms with E-state index in [2.05, 4.69) is 24.4 Å². The smallest absolute Gasteiger partial charge is 0.233 e. The van der Waals surface area contributed by atoms with Crippen LogP contribution in [0.5, 0.6) is 0 Å². The van der Waals surface area contributed by atoms with Crippen LogP contribution >= 0.6 is 0 Å². The Morgan fingerprint density at radius 2 is 1.84 bits per heavy atom. The van der Waals surface area contributed by atoms with Gasteiger partial charge in [-0.3, -0.25) is 19.3 Å². The maximum atomic E-state index is 12.6. The van der Waals surface area contributed by atoms with E-state index in [0.29, 0.717) is 0 Å². The van der Waals surface area contributed by atoms with E-state index in [-0.39, 0.29) is 54.4 Å². The predicted molar refractivity (Wildman–Crippen MR) is 93.5 cm³/mol. The summed E-state index contributed by atoms with van der Waals surface area (Å²) in [5.41, 5.74) is 1.90. The standard InChI is InChI=1S/C20H22N2O3/c1-2-12-4-3-5-15(10-12)21-16(23)8-9-22-19(24)17-13-6-7-14(11-13)18(17)20(22)25/h3-7,10,13-14,17-18H,2,8-9,11H2,1H3,(H,21,23)/t13-,14-,17-,18-/m0/s1. The van der Waals surface area contributed by atoms with Crippen LogP contribution in [0.3, 0.4) is 0 Å². The minimum Gasteiger partial charge on any atom is -0.326 e. The number of amides is 3. The van der Waals surface area contributed by atoms with Crippen LogP contribution in [0.4, 0.5) is 5.69 Å². The maximum absolute atomic E-state index is 12.6. The third-order valence-electron chi connectivity index (χ3n) is 5.74. The first kappa shape index (κ1) is 16.1. The van der Waals surface area contributed by atoms with Crippen molar-refractivity contribution in [2.24, 2.45) is 23.7 Å². The minimum atomic E-state index is -0.188. The fourth-order valence-electron chi connectivity index (χ4n) is 4.49. The Labute approximate surface area is 147 Å². The van der Waals surface area contributed by atoms with Crippen LogP contribution in [0.25, 0.3) is 0 Å². The van der Waals surface area contributed by atoms with Crippen molar-refractivity contribution in [3.05, 3.63) is 42.0 Å². The van der Waals surface area contributed by atoms with Crippen LogP contribution in [-0.4, -0.2) is 29.2 Å². The van der Waals surface area contributed by atoms with Crippen molar-refractivity contribution in [1.29, 1.82) is 0 Å². The number of allylic oxidation sites excluding steroid dienone is 2. The lowest BCUT2D eigenvalue weighted by Gasteiger charge is -2.17. The highest BCUT2D eigenvalue weighted by Gasteiger charge is 2.58. The fourth-order valence-corrected chi connectivity index (χ4v) is 4.49. The van der Waals surface area contributed by atoms with E-state index in [4.69, 9.17) is 0 Å². The van der Waals surface area contributed by atoms with Gasteiger partial charge in [-0.25, -0.2) is 0 Å². The predicted octanol–water partition coefficient (Wildman–Crippen LogP) is 2.38. The molecule has 1 saturated carbocycles. The molecule has 2 bridgehead atoms. The number of fused-ring (bicyclic) bond motifs is 5. The van der Waals surface area contributed by atoms with E-state index in [1.165, 1.54) is 4.90 Å². The lowest BCUT2D eigenvalue weighted by molar-refractivity contribution is -0.140. The Hall–Kier alpha value is -2.43. The second-order valence-corrected chi connectivity index (χ2v) is 7.18. The van der Waals surface area contributed by atoms with Gasteiger partial charge in [0.2, 0.25) is 17.7 Å². The molecular weight excluding hydrogens is 316 g/mol. The molecule has 0 radical (unpaired) electrons. The molecular formula is C20H22N2O3. The lowest BCUT2D eigenvalue weighted by Crippen LogP contribution is -2.35. The van der Waals surface area contributed by atoms with Crippen LogP contribution in [-0.2, 0) is 20.8 Å². The summed E-state index contributed by atoms with van der Waals surface area (Å²) >= 11 is 0. The molecule has 1 aliphatic heterocycles. The van der Waals surface area contributed by atoms with Crippen LogP contribution in [0.1, 0.15) is 25.3 Å². The molecule has 1 N–H and O–H groups in total. The number of likely N-dealkylation sites (tertiary alicyclic amines) is 1. The SMILES string of the molecule is CCc1cccc(NC(=O)CCN2C(=O)[C@@H]3[C@@H](C2=O)[C@H]2C=C[C@H]3C2)c1. The Balaban J connectivity index is 1.36. The van der Waals surface area contributed by atoms with Crippen molar-refractivity contribution in [2.75, 3.05) is 11.9 Å². The molecule has 1 aromatic carbocycles. The average Bonchev–Trinajstić information content (AvgIpc) is 3.28. The van der Waals surface area contributed by atoms with Gasteiger partial charge in [0.05, 0.1) is 11.8 Å². The average molecular weight is 338 g/mol. The lowest BCUT2D eigenvalue weighted by atomic mass is 9.85. The first-order chi connectivity index (χ1) is 12.1. The normalized spacial score (nSPS) is 29.4. The van der Waals surface area contributed by atoms with E-state index < -0.39 is 0 Å². The van der Waals surface area contributed by atoms with Crippen LogP contribution in [0.2, 0.25) is 0 Å². The molecule has 4 rings (SSSR count). The molecule has 1 saturated heterocycles. The number of carbonyl (C=O) groups is 3. The van der Waals surface area contributed by atoms with Gasteiger partial charge in [0.15, 0.2) is 0 Å². The van der Waals surface area contributed by atoms with E-state index >= 15 is 0 Å². The van der Waals surface area contributed by atoms with Crippen molar-refractivity contribution in [1.82, 2.24) is 4.90 Å². The van der Waals surface area contributed by atoms with Gasteiger partial charge in [-0.05, 0) is 42.4 Å². The molecule has 130 valence electrons. The van der Waals surface area contributed by atoms with Crippen molar-refractivity contribution in [2.45, 2.75) is 26.2 Å². The second-order valence-electron chi connectivity index (χ2n) is 7.18. The van der Waals surface area contributed by atoms with Crippen LogP contribution in [0.15, 0.2) is 36.4 Å². The molecule has 5 heteroatoms. The molecule has 3 aliphatic rings. The van der Waals surface area contributed by atoms with Gasteiger partial charge in [0.25, 0.3) is 0 Å². The number of hydrogen-bond acceptors (Lipinski definition) is 3. The van der Waals surface area contributed by atoms with Gasteiger partial charge < -0.3 is 5.32 Å². The Bertz CT molecular complexity index is 740. The highest BCUT2D eigenvalue weighted by molar-refractivity contribution is 6.06. The molecule has 2 fully saturated rings. The van der Waals surface area contributed by atoms with Crippen LogP contribution < -0.4 is 5.32 Å². The topological polar surface area (TPSA) is 66.5 Å². The summed E-state index contributed by atoms with van der Waals surface area (Å²) in [6, 6.07) is 7.71. The van der Waals surface area contributed by atoms with Gasteiger partial charge in [-0.1, -0.05) is 31.2 Å². The summed E-state index contributed by atoms with van der Waals surface area (Å²) in [6.45, 7) is 2.23. The number of aryl methyl sites for hydroxylation is 1. The van der Waals surface area contributed by atoms with Gasteiger partial charge in [-0.2, -0.15) is 0 Å². The van der Waals surface area contributed by atoms with Gasteiger partial charge in [0.1, 0.15) is 0 Å². The summed E-state index contributed by atoms with van der Waals surface area (Å²) in [6.07, 6.45) is 6.12. The number of nitrogens with zero attached hydrogens (tertiary/aromatic N) is 1. The number of benzene rings is 1. The molecule has 5 nitrogen and oxygen atoms in total.